The summed E-state index contributed by atoms with van der Waals surface area (Å²) in [4.78, 5) is 14.7. The zero-order valence-electron chi connectivity index (χ0n) is 14.1. The molecule has 2 aromatic rings. The van der Waals surface area contributed by atoms with Crippen LogP contribution >= 0.6 is 24.0 Å². The van der Waals surface area contributed by atoms with Crippen molar-refractivity contribution in [3.8, 4) is 5.75 Å². The van der Waals surface area contributed by atoms with E-state index in [1.54, 1.807) is 0 Å². The van der Waals surface area contributed by atoms with Crippen molar-refractivity contribution in [1.82, 2.24) is 10.2 Å². The number of benzene rings is 2. The van der Waals surface area contributed by atoms with Crippen LogP contribution in [0.4, 0.5) is 0 Å². The summed E-state index contributed by atoms with van der Waals surface area (Å²) in [5.41, 5.74) is 1.62. The highest BCUT2D eigenvalue weighted by Gasteiger charge is 2.23. The van der Waals surface area contributed by atoms with E-state index < -0.39 is 0 Å². The Morgan fingerprint density at radius 2 is 1.96 bits per heavy atom. The van der Waals surface area contributed by atoms with Crippen molar-refractivity contribution in [1.29, 1.82) is 0 Å². The molecule has 3 rings (SSSR count). The van der Waals surface area contributed by atoms with Gasteiger partial charge >= 0.3 is 0 Å². The minimum Gasteiger partial charge on any atom is -0.488 e. The number of ether oxygens (including phenoxy) is 1. The molecule has 2 aromatic carbocycles. The number of nitrogens with one attached hydrogen (secondary N) is 1. The van der Waals surface area contributed by atoms with Crippen LogP contribution in [0.15, 0.2) is 48.5 Å². The normalized spacial score (nSPS) is 16.9. The lowest BCUT2D eigenvalue weighted by Crippen LogP contribution is -2.51. The van der Waals surface area contributed by atoms with Gasteiger partial charge in [0.15, 0.2) is 0 Å². The summed E-state index contributed by atoms with van der Waals surface area (Å²) in [6.07, 6.45) is 0. The van der Waals surface area contributed by atoms with Crippen molar-refractivity contribution in [3.05, 3.63) is 64.7 Å². The van der Waals surface area contributed by atoms with Crippen molar-refractivity contribution in [2.24, 2.45) is 0 Å². The van der Waals surface area contributed by atoms with Gasteiger partial charge in [-0.1, -0.05) is 35.9 Å². The third-order valence-electron chi connectivity index (χ3n) is 4.08. The molecule has 25 heavy (non-hydrogen) atoms. The molecule has 0 saturated carbocycles. The van der Waals surface area contributed by atoms with Crippen molar-refractivity contribution < 1.29 is 9.53 Å². The van der Waals surface area contributed by atoms with Crippen LogP contribution in [-0.4, -0.2) is 36.5 Å². The summed E-state index contributed by atoms with van der Waals surface area (Å²) in [5.74, 6) is 0.638. The van der Waals surface area contributed by atoms with Crippen molar-refractivity contribution in [2.45, 2.75) is 19.6 Å². The third-order valence-corrected chi connectivity index (χ3v) is 4.33. The second kappa shape index (κ2) is 9.09. The van der Waals surface area contributed by atoms with E-state index in [9.17, 15) is 4.79 Å². The molecule has 0 aromatic heterocycles. The lowest BCUT2D eigenvalue weighted by molar-refractivity contribution is 0.0704. The van der Waals surface area contributed by atoms with Crippen LogP contribution < -0.4 is 10.1 Å². The van der Waals surface area contributed by atoms with Crippen LogP contribution in [0.2, 0.25) is 5.02 Å². The Morgan fingerprint density at radius 1 is 1.24 bits per heavy atom. The maximum absolute atomic E-state index is 12.8. The van der Waals surface area contributed by atoms with Crippen LogP contribution in [0.5, 0.6) is 5.75 Å². The molecule has 0 bridgehead atoms. The van der Waals surface area contributed by atoms with Gasteiger partial charge in [0.05, 0.1) is 5.56 Å². The Bertz CT molecular complexity index is 707. The molecule has 0 radical (unpaired) electrons. The van der Waals surface area contributed by atoms with Gasteiger partial charge in [0.2, 0.25) is 0 Å². The minimum atomic E-state index is 0. The zero-order chi connectivity index (χ0) is 16.9. The Kier molecular flexibility index (Phi) is 7.12. The van der Waals surface area contributed by atoms with Crippen LogP contribution in [0, 0.1) is 0 Å². The Hall–Kier alpha value is -1.75. The van der Waals surface area contributed by atoms with Crippen LogP contribution in [0.3, 0.4) is 0 Å². The summed E-state index contributed by atoms with van der Waals surface area (Å²) in [5, 5.41) is 4.04. The minimum absolute atomic E-state index is 0. The number of piperazine rings is 1. The number of carbonyl (C=O) groups excluding carboxylic acids is 1. The molecular weight excluding hydrogens is 359 g/mol. The first kappa shape index (κ1) is 19.6. The van der Waals surface area contributed by atoms with E-state index in [0.717, 1.165) is 12.1 Å². The fraction of sp³-hybridized carbons (Fsp3) is 0.316. The quantitative estimate of drug-likeness (QED) is 0.877. The molecule has 6 heteroatoms. The fourth-order valence-electron chi connectivity index (χ4n) is 2.80. The number of para-hydroxylation sites is 1. The molecule has 1 aliphatic heterocycles. The van der Waals surface area contributed by atoms with E-state index in [1.165, 1.54) is 0 Å². The molecule has 1 fully saturated rings. The average Bonchev–Trinajstić information content (AvgIpc) is 2.61. The predicted molar refractivity (Wildman–Crippen MR) is 103 cm³/mol. The van der Waals surface area contributed by atoms with Crippen LogP contribution in [0.25, 0.3) is 0 Å². The van der Waals surface area contributed by atoms with Gasteiger partial charge in [0, 0.05) is 30.7 Å². The molecule has 134 valence electrons. The molecule has 1 unspecified atom stereocenters. The van der Waals surface area contributed by atoms with Crippen molar-refractivity contribution in [3.63, 3.8) is 0 Å². The smallest absolute Gasteiger partial charge is 0.257 e. The summed E-state index contributed by atoms with van der Waals surface area (Å²) < 4.78 is 5.90. The number of hydrogen-bond donors (Lipinski definition) is 1. The van der Waals surface area contributed by atoms with Crippen LogP contribution in [-0.2, 0) is 6.61 Å². The highest BCUT2D eigenvalue weighted by Crippen LogP contribution is 2.22. The Labute approximate surface area is 159 Å². The highest BCUT2D eigenvalue weighted by molar-refractivity contribution is 6.30. The highest BCUT2D eigenvalue weighted by atomic mass is 35.5. The second-order valence-corrected chi connectivity index (χ2v) is 6.45. The zero-order valence-corrected chi connectivity index (χ0v) is 15.6. The van der Waals surface area contributed by atoms with E-state index in [0.29, 0.717) is 42.1 Å². The molecule has 0 spiro atoms. The lowest BCUT2D eigenvalue weighted by atomic mass is 10.1. The summed E-state index contributed by atoms with van der Waals surface area (Å²) in [6.45, 7) is 4.74. The first-order chi connectivity index (χ1) is 11.6. The van der Waals surface area contributed by atoms with Gasteiger partial charge in [-0.2, -0.15) is 0 Å². The number of hydrogen-bond acceptors (Lipinski definition) is 3. The SMILES string of the molecule is CC1CN(C(=O)c2ccccc2OCc2ccc(Cl)cc2)CCN1.Cl. The number of rotatable bonds is 4. The standard InChI is InChI=1S/C19H21ClN2O2.ClH/c1-14-12-22(11-10-21-14)19(23)17-4-2-3-5-18(17)24-13-15-6-8-16(20)9-7-15;/h2-9,14,21H,10-13H2,1H3;1H. The topological polar surface area (TPSA) is 41.6 Å². The predicted octanol–water partition coefficient (Wildman–Crippen LogP) is 3.77. The number of nitrogens with zero attached hydrogens (tertiary/aromatic N) is 1. The first-order valence-electron chi connectivity index (χ1n) is 8.12. The molecule has 4 nitrogen and oxygen atoms in total. The molecule has 1 saturated heterocycles. The third kappa shape index (κ3) is 5.11. The van der Waals surface area contributed by atoms with E-state index in [4.69, 9.17) is 16.3 Å². The number of amides is 1. The van der Waals surface area contributed by atoms with Gasteiger partial charge in [-0.3, -0.25) is 4.79 Å². The van der Waals surface area contributed by atoms with E-state index in [2.05, 4.69) is 12.2 Å². The van der Waals surface area contributed by atoms with Crippen LogP contribution in [0.1, 0.15) is 22.8 Å². The second-order valence-electron chi connectivity index (χ2n) is 6.02. The van der Waals surface area contributed by atoms with Gasteiger partial charge < -0.3 is 15.0 Å². The number of halogens is 2. The largest absolute Gasteiger partial charge is 0.488 e. The Morgan fingerprint density at radius 3 is 2.68 bits per heavy atom. The molecule has 1 N–H and O–H groups in total. The summed E-state index contributed by atoms with van der Waals surface area (Å²) >= 11 is 5.90. The van der Waals surface area contributed by atoms with Crippen molar-refractivity contribution in [2.75, 3.05) is 19.6 Å². The van der Waals surface area contributed by atoms with E-state index >= 15 is 0 Å². The van der Waals surface area contributed by atoms with E-state index in [1.807, 2.05) is 53.4 Å². The summed E-state index contributed by atoms with van der Waals surface area (Å²) in [6, 6.07) is 15.2. The first-order valence-corrected chi connectivity index (χ1v) is 8.50. The van der Waals surface area contributed by atoms with Gasteiger partial charge in [0.1, 0.15) is 12.4 Å². The molecule has 1 amide bonds. The maximum Gasteiger partial charge on any atom is 0.257 e. The fourth-order valence-corrected chi connectivity index (χ4v) is 2.92. The summed E-state index contributed by atoms with van der Waals surface area (Å²) in [7, 11) is 0. The molecule has 1 atom stereocenters. The van der Waals surface area contributed by atoms with Gasteiger partial charge in [-0.15, -0.1) is 12.4 Å². The average molecular weight is 381 g/mol. The van der Waals surface area contributed by atoms with Gasteiger partial charge in [-0.25, -0.2) is 0 Å². The van der Waals surface area contributed by atoms with Crippen molar-refractivity contribution >= 4 is 29.9 Å². The monoisotopic (exact) mass is 380 g/mol. The molecule has 0 aliphatic carbocycles. The lowest BCUT2D eigenvalue weighted by Gasteiger charge is -2.32. The maximum atomic E-state index is 12.8. The van der Waals surface area contributed by atoms with Gasteiger partial charge in [0.25, 0.3) is 5.91 Å². The Balaban J connectivity index is 0.00000225. The molecular formula is C19H22Cl2N2O2. The number of carbonyl (C=O) groups is 1. The van der Waals surface area contributed by atoms with E-state index in [-0.39, 0.29) is 18.3 Å². The molecule has 1 heterocycles. The van der Waals surface area contributed by atoms with Gasteiger partial charge in [-0.05, 0) is 36.8 Å². The molecule has 1 aliphatic rings.